The molecule has 140 valence electrons. The number of aliphatic hydroxyl groups is 1. The molecule has 1 N–H and O–H groups in total. The molecular weight excluding hydrogens is 340 g/mol. The number of nitrogens with zero attached hydrogens (tertiary/aromatic N) is 2. The second kappa shape index (κ2) is 7.25. The number of hydrogen-bond donors (Lipinski definition) is 1. The van der Waals surface area contributed by atoms with Gasteiger partial charge >= 0.3 is 5.63 Å². The van der Waals surface area contributed by atoms with Gasteiger partial charge in [-0.1, -0.05) is 0 Å². The van der Waals surface area contributed by atoms with E-state index in [4.69, 9.17) is 4.42 Å². The Labute approximate surface area is 158 Å². The van der Waals surface area contributed by atoms with Crippen molar-refractivity contribution in [2.45, 2.75) is 32.9 Å². The number of fused-ring (bicyclic) bond motifs is 1. The van der Waals surface area contributed by atoms with Gasteiger partial charge in [-0.2, -0.15) is 0 Å². The van der Waals surface area contributed by atoms with E-state index in [0.717, 1.165) is 29.5 Å². The van der Waals surface area contributed by atoms with Crippen LogP contribution >= 0.6 is 0 Å². The predicted molar refractivity (Wildman–Crippen MR) is 105 cm³/mol. The van der Waals surface area contributed by atoms with Crippen LogP contribution in [0.2, 0.25) is 0 Å². The molecule has 27 heavy (non-hydrogen) atoms. The highest BCUT2D eigenvalue weighted by molar-refractivity contribution is 5.81. The highest BCUT2D eigenvalue weighted by Gasteiger charge is 2.31. The Bertz CT molecular complexity index is 1010. The lowest BCUT2D eigenvalue weighted by molar-refractivity contribution is 0.141. The van der Waals surface area contributed by atoms with Gasteiger partial charge in [0.2, 0.25) is 0 Å². The van der Waals surface area contributed by atoms with E-state index in [9.17, 15) is 9.90 Å². The first kappa shape index (κ1) is 17.9. The van der Waals surface area contributed by atoms with Gasteiger partial charge in [-0.3, -0.25) is 9.88 Å². The molecule has 2 atom stereocenters. The summed E-state index contributed by atoms with van der Waals surface area (Å²) in [5, 5.41) is 11.5. The fraction of sp³-hybridized carbons (Fsp3) is 0.364. The Morgan fingerprint density at radius 1 is 1.15 bits per heavy atom. The van der Waals surface area contributed by atoms with E-state index in [-0.39, 0.29) is 17.6 Å². The van der Waals surface area contributed by atoms with E-state index in [1.165, 1.54) is 11.1 Å². The fourth-order valence-corrected chi connectivity index (χ4v) is 3.95. The third-order valence-corrected chi connectivity index (χ3v) is 5.57. The monoisotopic (exact) mass is 364 g/mol. The van der Waals surface area contributed by atoms with Crippen LogP contribution < -0.4 is 5.63 Å². The van der Waals surface area contributed by atoms with Crippen molar-refractivity contribution in [3.63, 3.8) is 0 Å². The molecule has 1 aliphatic rings. The first-order chi connectivity index (χ1) is 13.0. The van der Waals surface area contributed by atoms with Crippen molar-refractivity contribution in [3.8, 4) is 0 Å². The summed E-state index contributed by atoms with van der Waals surface area (Å²) in [6.07, 6.45) is 4.03. The van der Waals surface area contributed by atoms with Gasteiger partial charge in [-0.25, -0.2) is 4.79 Å². The summed E-state index contributed by atoms with van der Waals surface area (Å²) < 4.78 is 5.39. The van der Waals surface area contributed by atoms with Crippen molar-refractivity contribution < 1.29 is 9.52 Å². The smallest absolute Gasteiger partial charge is 0.336 e. The third kappa shape index (κ3) is 3.80. The van der Waals surface area contributed by atoms with Crippen LogP contribution in [0.15, 0.2) is 51.9 Å². The van der Waals surface area contributed by atoms with Gasteiger partial charge in [0, 0.05) is 49.4 Å². The summed E-state index contributed by atoms with van der Waals surface area (Å²) in [5.41, 5.74) is 4.74. The number of benzene rings is 1. The highest BCUT2D eigenvalue weighted by atomic mass is 16.4. The summed E-state index contributed by atoms with van der Waals surface area (Å²) in [6, 6.07) is 9.59. The van der Waals surface area contributed by atoms with Crippen molar-refractivity contribution in [3.05, 3.63) is 75.4 Å². The third-order valence-electron chi connectivity index (χ3n) is 5.57. The Morgan fingerprint density at radius 3 is 2.67 bits per heavy atom. The number of β-amino-alcohol motifs (C(OH)–C–C–N with tert-alkyl or cyclic N) is 1. The average molecular weight is 364 g/mol. The maximum Gasteiger partial charge on any atom is 0.336 e. The molecular formula is C22H24N2O3. The fourth-order valence-electron chi connectivity index (χ4n) is 3.95. The van der Waals surface area contributed by atoms with Crippen LogP contribution in [0.4, 0.5) is 0 Å². The number of aryl methyl sites for hydroxylation is 2. The molecule has 0 bridgehead atoms. The number of aromatic nitrogens is 1. The Balaban J connectivity index is 1.56. The molecule has 5 heteroatoms. The minimum atomic E-state index is -0.367. The standard InChI is InChI=1S/C22H24N2O3/c1-14-7-19-17(10-22(26)27-21(19)8-15(14)2)11-24-12-18(20(25)13-24)9-16-3-5-23-6-4-16/h3-8,10,18,20,25H,9,11-13H2,1-2H3/t18-,20+/m1/s1. The van der Waals surface area contributed by atoms with Gasteiger partial charge in [0.25, 0.3) is 0 Å². The van der Waals surface area contributed by atoms with Crippen LogP contribution in [0.25, 0.3) is 11.0 Å². The zero-order chi connectivity index (χ0) is 19.0. The van der Waals surface area contributed by atoms with Gasteiger partial charge in [0.15, 0.2) is 0 Å². The first-order valence-electron chi connectivity index (χ1n) is 9.33. The zero-order valence-corrected chi connectivity index (χ0v) is 15.7. The molecule has 3 heterocycles. The number of likely N-dealkylation sites (tertiary alicyclic amines) is 1. The van der Waals surface area contributed by atoms with E-state index in [1.54, 1.807) is 18.5 Å². The minimum Gasteiger partial charge on any atom is -0.423 e. The summed E-state index contributed by atoms with van der Waals surface area (Å²) in [6.45, 7) is 6.13. The highest BCUT2D eigenvalue weighted by Crippen LogP contribution is 2.26. The van der Waals surface area contributed by atoms with E-state index in [0.29, 0.717) is 18.7 Å². The lowest BCUT2D eigenvalue weighted by Crippen LogP contribution is -2.22. The van der Waals surface area contributed by atoms with Gasteiger partial charge in [-0.05, 0) is 66.8 Å². The maximum absolute atomic E-state index is 12.0. The molecule has 0 saturated carbocycles. The molecule has 0 aliphatic carbocycles. The molecule has 1 saturated heterocycles. The van der Waals surface area contributed by atoms with Crippen LogP contribution in [0, 0.1) is 19.8 Å². The minimum absolute atomic E-state index is 0.183. The largest absolute Gasteiger partial charge is 0.423 e. The molecule has 0 spiro atoms. The Kier molecular flexibility index (Phi) is 4.81. The zero-order valence-electron chi connectivity index (χ0n) is 15.7. The topological polar surface area (TPSA) is 66.6 Å². The van der Waals surface area contributed by atoms with Crippen molar-refractivity contribution >= 4 is 11.0 Å². The molecule has 3 aromatic rings. The van der Waals surface area contributed by atoms with Crippen LogP contribution in [0.5, 0.6) is 0 Å². The quantitative estimate of drug-likeness (QED) is 0.721. The maximum atomic E-state index is 12.0. The lowest BCUT2D eigenvalue weighted by atomic mass is 9.97. The van der Waals surface area contributed by atoms with E-state index in [2.05, 4.69) is 22.9 Å². The van der Waals surface area contributed by atoms with Crippen molar-refractivity contribution in [1.82, 2.24) is 9.88 Å². The molecule has 1 aliphatic heterocycles. The van der Waals surface area contributed by atoms with E-state index in [1.807, 2.05) is 25.1 Å². The number of hydrogen-bond acceptors (Lipinski definition) is 5. The van der Waals surface area contributed by atoms with Crippen molar-refractivity contribution in [2.75, 3.05) is 13.1 Å². The molecule has 5 nitrogen and oxygen atoms in total. The van der Waals surface area contributed by atoms with Crippen molar-refractivity contribution in [2.24, 2.45) is 5.92 Å². The van der Waals surface area contributed by atoms with Crippen molar-refractivity contribution in [1.29, 1.82) is 0 Å². The predicted octanol–water partition coefficient (Wildman–Crippen LogP) is 2.84. The second-order valence-electron chi connectivity index (χ2n) is 7.60. The van der Waals surface area contributed by atoms with Crippen LogP contribution in [-0.2, 0) is 13.0 Å². The number of rotatable bonds is 4. The molecule has 0 unspecified atom stereocenters. The molecule has 0 amide bonds. The molecule has 0 radical (unpaired) electrons. The SMILES string of the molecule is Cc1cc2oc(=O)cc(CN3C[C@@H](Cc4ccncc4)[C@@H](O)C3)c2cc1C. The first-order valence-corrected chi connectivity index (χ1v) is 9.33. The molecule has 4 rings (SSSR count). The molecule has 1 fully saturated rings. The van der Waals surface area contributed by atoms with Gasteiger partial charge < -0.3 is 9.52 Å². The van der Waals surface area contributed by atoms with Gasteiger partial charge in [0.05, 0.1) is 6.10 Å². The molecule has 1 aromatic carbocycles. The lowest BCUT2D eigenvalue weighted by Gasteiger charge is -2.17. The van der Waals surface area contributed by atoms with E-state index < -0.39 is 0 Å². The summed E-state index contributed by atoms with van der Waals surface area (Å²) in [5.74, 6) is 0.183. The Hall–Kier alpha value is -2.50. The van der Waals surface area contributed by atoms with Crippen LogP contribution in [0.3, 0.4) is 0 Å². The van der Waals surface area contributed by atoms with Gasteiger partial charge in [-0.15, -0.1) is 0 Å². The van der Waals surface area contributed by atoms with Crippen LogP contribution in [0.1, 0.15) is 22.3 Å². The summed E-state index contributed by atoms with van der Waals surface area (Å²) in [4.78, 5) is 18.3. The van der Waals surface area contributed by atoms with Crippen LogP contribution in [-0.4, -0.2) is 34.2 Å². The van der Waals surface area contributed by atoms with Gasteiger partial charge in [0.1, 0.15) is 5.58 Å². The average Bonchev–Trinajstić information content (AvgIpc) is 2.96. The summed E-state index contributed by atoms with van der Waals surface area (Å²) in [7, 11) is 0. The second-order valence-corrected chi connectivity index (χ2v) is 7.60. The summed E-state index contributed by atoms with van der Waals surface area (Å²) >= 11 is 0. The molecule has 2 aromatic heterocycles. The Morgan fingerprint density at radius 2 is 1.89 bits per heavy atom. The van der Waals surface area contributed by atoms with E-state index >= 15 is 0 Å². The normalized spacial score (nSPS) is 20.4. The number of aliphatic hydroxyl groups excluding tert-OH is 1. The number of pyridine rings is 1.